The van der Waals surface area contributed by atoms with Gasteiger partial charge in [-0.1, -0.05) is 45.0 Å². The molecule has 47 heavy (non-hydrogen) atoms. The normalized spacial score (nSPS) is 23.0. The summed E-state index contributed by atoms with van der Waals surface area (Å²) in [5.41, 5.74) is 4.25. The molecule has 0 bridgehead atoms. The van der Waals surface area contributed by atoms with Crippen molar-refractivity contribution >= 4 is 29.1 Å². The van der Waals surface area contributed by atoms with E-state index in [1.54, 1.807) is 11.3 Å². The van der Waals surface area contributed by atoms with Crippen LogP contribution in [0.1, 0.15) is 83.5 Å². The number of aromatic nitrogens is 1. The number of benzene rings is 1. The number of hydrogen-bond acceptors (Lipinski definition) is 8. The zero-order chi connectivity index (χ0) is 33.7. The number of nitrogens with one attached hydrogen (secondary N) is 3. The third kappa shape index (κ3) is 9.19. The number of thiazole rings is 1. The van der Waals surface area contributed by atoms with Crippen LogP contribution >= 0.6 is 11.3 Å². The first kappa shape index (κ1) is 35.4. The van der Waals surface area contributed by atoms with Crippen LogP contribution in [-0.4, -0.2) is 95.1 Å². The number of likely N-dealkylation sites (tertiary alicyclic amines) is 2. The number of amides is 3. The van der Waals surface area contributed by atoms with Gasteiger partial charge in [-0.2, -0.15) is 0 Å². The van der Waals surface area contributed by atoms with E-state index in [0.29, 0.717) is 0 Å². The number of carbonyl (C=O) groups excluding carboxylic acids is 3. The van der Waals surface area contributed by atoms with Crippen molar-refractivity contribution in [2.75, 3.05) is 39.3 Å². The Morgan fingerprint density at radius 3 is 2.32 bits per heavy atom. The summed E-state index contributed by atoms with van der Waals surface area (Å²) in [6, 6.07) is 6.11. The predicted molar refractivity (Wildman–Crippen MR) is 186 cm³/mol. The maximum absolute atomic E-state index is 14.0. The fourth-order valence-electron chi connectivity index (χ4n) is 7.39. The van der Waals surface area contributed by atoms with Crippen LogP contribution in [0.3, 0.4) is 0 Å². The van der Waals surface area contributed by atoms with Gasteiger partial charge in [0.15, 0.2) is 0 Å². The molecular formula is C36H54N6O4S. The minimum atomic E-state index is -0.826. The van der Waals surface area contributed by atoms with Crippen molar-refractivity contribution in [3.8, 4) is 10.4 Å². The summed E-state index contributed by atoms with van der Waals surface area (Å²) in [5, 5.41) is 20.1. The second kappa shape index (κ2) is 15.6. The van der Waals surface area contributed by atoms with E-state index in [-0.39, 0.29) is 43.3 Å². The highest BCUT2D eigenvalue weighted by Gasteiger charge is 2.44. The summed E-state index contributed by atoms with van der Waals surface area (Å²) >= 11 is 1.60. The number of aryl methyl sites for hydroxylation is 1. The number of piperidine rings is 2. The highest BCUT2D eigenvalue weighted by atomic mass is 32.1. The van der Waals surface area contributed by atoms with E-state index < -0.39 is 23.6 Å². The van der Waals surface area contributed by atoms with Crippen LogP contribution in [0.2, 0.25) is 0 Å². The van der Waals surface area contributed by atoms with Gasteiger partial charge in [-0.15, -0.1) is 11.3 Å². The van der Waals surface area contributed by atoms with Gasteiger partial charge in [0.25, 0.3) is 0 Å². The standard InChI is InChI=1S/C36H54N6O4S/c1-23(27-6-8-28(9-7-27)32-24(2)38-22-47-32)39-34(45)30-19-29(43)20-42(30)35(46)33(36(3,4)5)40-31(44)21-41-16-12-26(13-17-41)18-25-10-14-37-15-11-25/h6-9,22-23,25-26,29-30,33,37,43H,10-21H2,1-5H3,(H,39,45)(H,40,44)/t23-,29+,30-,33+/m0/s1. The molecule has 5 rings (SSSR count). The summed E-state index contributed by atoms with van der Waals surface area (Å²) in [7, 11) is 0. The molecule has 1 aromatic heterocycles. The van der Waals surface area contributed by atoms with Gasteiger partial charge in [0.1, 0.15) is 12.1 Å². The van der Waals surface area contributed by atoms with Crippen molar-refractivity contribution in [3.63, 3.8) is 0 Å². The van der Waals surface area contributed by atoms with Crippen LogP contribution < -0.4 is 16.0 Å². The van der Waals surface area contributed by atoms with Crippen molar-refractivity contribution in [2.24, 2.45) is 17.3 Å². The van der Waals surface area contributed by atoms with Gasteiger partial charge >= 0.3 is 0 Å². The lowest BCUT2D eigenvalue weighted by atomic mass is 9.83. The van der Waals surface area contributed by atoms with E-state index in [2.05, 4.69) is 25.8 Å². The second-order valence-electron chi connectivity index (χ2n) is 15.0. The summed E-state index contributed by atoms with van der Waals surface area (Å²) in [4.78, 5) is 50.1. The minimum absolute atomic E-state index is 0.0568. The van der Waals surface area contributed by atoms with Crippen LogP contribution in [0.5, 0.6) is 0 Å². The second-order valence-corrected chi connectivity index (χ2v) is 15.9. The maximum Gasteiger partial charge on any atom is 0.246 e. The van der Waals surface area contributed by atoms with E-state index in [1.165, 1.54) is 24.2 Å². The van der Waals surface area contributed by atoms with Crippen LogP contribution in [0.15, 0.2) is 29.8 Å². The summed E-state index contributed by atoms with van der Waals surface area (Å²) in [5.74, 6) is 0.720. The molecule has 0 spiro atoms. The average molecular weight is 667 g/mol. The van der Waals surface area contributed by atoms with Crippen molar-refractivity contribution in [1.82, 2.24) is 30.7 Å². The molecule has 3 aliphatic heterocycles. The number of carbonyl (C=O) groups is 3. The molecule has 3 aliphatic rings. The lowest BCUT2D eigenvalue weighted by molar-refractivity contribution is -0.144. The van der Waals surface area contributed by atoms with Gasteiger partial charge in [0.05, 0.1) is 34.8 Å². The molecule has 3 fully saturated rings. The number of β-amino-alcohol motifs (C(OH)–C–C–N with tert-alkyl or cyclic N) is 1. The smallest absolute Gasteiger partial charge is 0.246 e. The van der Waals surface area contributed by atoms with E-state index >= 15 is 0 Å². The first-order valence-corrected chi connectivity index (χ1v) is 18.3. The van der Waals surface area contributed by atoms with Gasteiger partial charge in [-0.05, 0) is 101 Å². The van der Waals surface area contributed by atoms with E-state index in [0.717, 1.165) is 72.6 Å². The van der Waals surface area contributed by atoms with Gasteiger partial charge in [0.2, 0.25) is 17.7 Å². The number of aliphatic hydroxyl groups is 1. The lowest BCUT2D eigenvalue weighted by Crippen LogP contribution is -2.59. The Morgan fingerprint density at radius 2 is 1.70 bits per heavy atom. The number of nitrogens with zero attached hydrogens (tertiary/aromatic N) is 3. The van der Waals surface area contributed by atoms with Gasteiger partial charge < -0.3 is 26.0 Å². The van der Waals surface area contributed by atoms with Crippen LogP contribution in [0, 0.1) is 24.2 Å². The van der Waals surface area contributed by atoms with Crippen molar-refractivity contribution < 1.29 is 19.5 Å². The van der Waals surface area contributed by atoms with Gasteiger partial charge in [0, 0.05) is 13.0 Å². The van der Waals surface area contributed by atoms with Crippen molar-refractivity contribution in [3.05, 3.63) is 41.0 Å². The highest BCUT2D eigenvalue weighted by molar-refractivity contribution is 7.13. The first-order valence-electron chi connectivity index (χ1n) is 17.4. The minimum Gasteiger partial charge on any atom is -0.391 e. The summed E-state index contributed by atoms with van der Waals surface area (Å²) in [6.45, 7) is 14.0. The zero-order valence-electron chi connectivity index (χ0n) is 28.8. The van der Waals surface area contributed by atoms with E-state index in [9.17, 15) is 19.5 Å². The molecule has 11 heteroatoms. The van der Waals surface area contributed by atoms with Crippen molar-refractivity contribution in [2.45, 2.75) is 97.4 Å². The first-order chi connectivity index (χ1) is 22.4. The quantitative estimate of drug-likeness (QED) is 0.303. The molecule has 3 saturated heterocycles. The molecule has 258 valence electrons. The summed E-state index contributed by atoms with van der Waals surface area (Å²) in [6.07, 6.45) is 5.38. The molecule has 0 saturated carbocycles. The van der Waals surface area contributed by atoms with E-state index in [1.807, 2.05) is 64.4 Å². The number of rotatable bonds is 10. The topological polar surface area (TPSA) is 127 Å². The molecule has 1 aromatic carbocycles. The molecule has 0 radical (unpaired) electrons. The van der Waals surface area contributed by atoms with Crippen molar-refractivity contribution in [1.29, 1.82) is 0 Å². The Balaban J connectivity index is 1.16. The fraction of sp³-hybridized carbons (Fsp3) is 0.667. The molecule has 2 aromatic rings. The lowest BCUT2D eigenvalue weighted by Gasteiger charge is -2.37. The summed E-state index contributed by atoms with van der Waals surface area (Å²) < 4.78 is 0. The Kier molecular flexibility index (Phi) is 11.7. The molecule has 10 nitrogen and oxygen atoms in total. The average Bonchev–Trinajstić information content (AvgIpc) is 3.66. The molecule has 0 aliphatic carbocycles. The van der Waals surface area contributed by atoms with Crippen LogP contribution in [0.25, 0.3) is 10.4 Å². The van der Waals surface area contributed by atoms with E-state index in [4.69, 9.17) is 0 Å². The molecule has 0 unspecified atom stereocenters. The zero-order valence-corrected chi connectivity index (χ0v) is 29.6. The molecule has 4 atom stereocenters. The molecule has 4 N–H and O–H groups in total. The number of hydrogen-bond donors (Lipinski definition) is 4. The SMILES string of the molecule is Cc1ncsc1-c1ccc([C@H](C)NC(=O)[C@@H]2C[C@@H](O)CN2C(=O)[C@@H](NC(=O)CN2CCC(CC3CCNCC3)CC2)C(C)(C)C)cc1. The number of aliphatic hydroxyl groups excluding tert-OH is 1. The Labute approximate surface area is 284 Å². The molecule has 3 amide bonds. The fourth-order valence-corrected chi connectivity index (χ4v) is 8.21. The van der Waals surface area contributed by atoms with Gasteiger partial charge in [-0.3, -0.25) is 19.3 Å². The monoisotopic (exact) mass is 666 g/mol. The van der Waals surface area contributed by atoms with Crippen LogP contribution in [-0.2, 0) is 14.4 Å². The Morgan fingerprint density at radius 1 is 1.04 bits per heavy atom. The molecule has 4 heterocycles. The molecular weight excluding hydrogens is 613 g/mol. The third-order valence-corrected chi connectivity index (χ3v) is 11.2. The maximum atomic E-state index is 14.0. The predicted octanol–water partition coefficient (Wildman–Crippen LogP) is 3.89. The third-order valence-electron chi connectivity index (χ3n) is 10.3. The van der Waals surface area contributed by atoms with Gasteiger partial charge in [-0.25, -0.2) is 4.98 Å². The Bertz CT molecular complexity index is 1360. The van der Waals surface area contributed by atoms with Crippen LogP contribution in [0.4, 0.5) is 0 Å². The highest BCUT2D eigenvalue weighted by Crippen LogP contribution is 2.31. The largest absolute Gasteiger partial charge is 0.391 e. The Hall–Kier alpha value is -2.86.